The molecule has 3 N–H and O–H groups in total. The third-order valence-electron chi connectivity index (χ3n) is 4.53. The summed E-state index contributed by atoms with van der Waals surface area (Å²) in [6, 6.07) is 8.13. The molecule has 0 spiro atoms. The van der Waals surface area contributed by atoms with Crippen molar-refractivity contribution in [2.75, 3.05) is 13.1 Å². The first kappa shape index (κ1) is 24.4. The molecule has 8 heteroatoms. The fourth-order valence-corrected chi connectivity index (χ4v) is 2.60. The van der Waals surface area contributed by atoms with E-state index in [0.717, 1.165) is 23.8 Å². The Kier molecular flexibility index (Phi) is 9.35. The number of nitrogens with zero attached hydrogens (tertiary/aromatic N) is 4. The van der Waals surface area contributed by atoms with Crippen molar-refractivity contribution in [3.8, 4) is 0 Å². The van der Waals surface area contributed by atoms with Gasteiger partial charge in [0.05, 0.1) is 6.10 Å². The van der Waals surface area contributed by atoms with Crippen LogP contribution in [0.3, 0.4) is 0 Å². The monoisotopic (exact) mass is 500 g/mol. The van der Waals surface area contributed by atoms with Crippen molar-refractivity contribution in [3.05, 3.63) is 47.0 Å². The maximum atomic E-state index is 10.5. The van der Waals surface area contributed by atoms with Crippen LogP contribution in [-0.2, 0) is 19.0 Å². The molecule has 0 bridgehead atoms. The first-order valence-electron chi connectivity index (χ1n) is 9.38. The van der Waals surface area contributed by atoms with Gasteiger partial charge in [-0.1, -0.05) is 45.0 Å². The number of rotatable bonds is 6. The van der Waals surface area contributed by atoms with Crippen LogP contribution in [-0.4, -0.2) is 38.9 Å². The quantitative estimate of drug-likeness (QED) is 0.323. The molecule has 7 nitrogen and oxygen atoms in total. The van der Waals surface area contributed by atoms with E-state index < -0.39 is 6.10 Å². The SMILES string of the molecule is CCNC(=NCc1nnc(C)n1C)NCC(O)c1ccc(C(C)(C)C)cc1.I. The maximum absolute atomic E-state index is 10.5. The number of benzene rings is 1. The lowest BCUT2D eigenvalue weighted by Gasteiger charge is -2.20. The van der Waals surface area contributed by atoms with Crippen molar-refractivity contribution in [3.63, 3.8) is 0 Å². The van der Waals surface area contributed by atoms with Crippen LogP contribution in [0.5, 0.6) is 0 Å². The van der Waals surface area contributed by atoms with E-state index in [1.54, 1.807) is 0 Å². The Bertz CT molecular complexity index is 764. The Morgan fingerprint density at radius 2 is 1.82 bits per heavy atom. The number of hydrogen-bond donors (Lipinski definition) is 3. The second kappa shape index (κ2) is 10.8. The molecule has 0 aliphatic heterocycles. The molecule has 0 aliphatic rings. The van der Waals surface area contributed by atoms with Gasteiger partial charge in [-0.25, -0.2) is 4.99 Å². The van der Waals surface area contributed by atoms with E-state index in [0.29, 0.717) is 19.0 Å². The van der Waals surface area contributed by atoms with Gasteiger partial charge in [0.25, 0.3) is 0 Å². The van der Waals surface area contributed by atoms with Gasteiger partial charge < -0.3 is 20.3 Å². The summed E-state index contributed by atoms with van der Waals surface area (Å²) in [5.41, 5.74) is 2.24. The molecule has 156 valence electrons. The van der Waals surface area contributed by atoms with Crippen molar-refractivity contribution >= 4 is 29.9 Å². The molecule has 0 fully saturated rings. The molecule has 1 atom stereocenters. The number of guanidine groups is 1. The normalized spacial score (nSPS) is 13.0. The van der Waals surface area contributed by atoms with E-state index in [1.807, 2.05) is 37.6 Å². The second-order valence-electron chi connectivity index (χ2n) is 7.69. The van der Waals surface area contributed by atoms with Crippen LogP contribution < -0.4 is 10.6 Å². The number of aryl methyl sites for hydroxylation is 1. The molecule has 1 heterocycles. The number of halogens is 1. The van der Waals surface area contributed by atoms with E-state index >= 15 is 0 Å². The first-order valence-corrected chi connectivity index (χ1v) is 9.38. The van der Waals surface area contributed by atoms with Crippen LogP contribution in [0.1, 0.15) is 56.6 Å². The van der Waals surface area contributed by atoms with E-state index in [2.05, 4.69) is 58.7 Å². The highest BCUT2D eigenvalue weighted by Gasteiger charge is 2.15. The number of hydrogen-bond acceptors (Lipinski definition) is 4. The Labute approximate surface area is 185 Å². The van der Waals surface area contributed by atoms with Crippen molar-refractivity contribution in [2.24, 2.45) is 12.0 Å². The third kappa shape index (κ3) is 6.73. The Balaban J connectivity index is 0.00000392. The highest BCUT2D eigenvalue weighted by molar-refractivity contribution is 14.0. The second-order valence-corrected chi connectivity index (χ2v) is 7.69. The van der Waals surface area contributed by atoms with Crippen molar-refractivity contribution < 1.29 is 5.11 Å². The molecule has 2 rings (SSSR count). The molecule has 0 aliphatic carbocycles. The minimum Gasteiger partial charge on any atom is -0.387 e. The standard InChI is InChI=1S/C20H32N6O.HI/c1-7-21-19(23-13-18-25-24-14(2)26(18)6)22-12-17(27)15-8-10-16(11-9-15)20(3,4)5;/h8-11,17,27H,7,12-13H2,1-6H3,(H2,21,22,23);1H. The predicted octanol–water partition coefficient (Wildman–Crippen LogP) is 2.83. The molecular weight excluding hydrogens is 467 g/mol. The Morgan fingerprint density at radius 1 is 1.18 bits per heavy atom. The summed E-state index contributed by atoms with van der Waals surface area (Å²) in [5, 5.41) is 25.0. The van der Waals surface area contributed by atoms with Crippen molar-refractivity contribution in [1.82, 2.24) is 25.4 Å². The molecule has 28 heavy (non-hydrogen) atoms. The topological polar surface area (TPSA) is 87.4 Å². The number of nitrogens with one attached hydrogen (secondary N) is 2. The average molecular weight is 500 g/mol. The molecule has 0 saturated carbocycles. The number of aromatic nitrogens is 3. The summed E-state index contributed by atoms with van der Waals surface area (Å²) in [6.45, 7) is 12.0. The van der Waals surface area contributed by atoms with Gasteiger partial charge in [0.1, 0.15) is 12.4 Å². The van der Waals surface area contributed by atoms with Gasteiger partial charge in [0.15, 0.2) is 11.8 Å². The lowest BCUT2D eigenvalue weighted by atomic mass is 9.86. The Morgan fingerprint density at radius 3 is 2.32 bits per heavy atom. The number of aliphatic hydroxyl groups excluding tert-OH is 1. The average Bonchev–Trinajstić information content (AvgIpc) is 2.95. The van der Waals surface area contributed by atoms with Crippen molar-refractivity contribution in [2.45, 2.75) is 52.7 Å². The van der Waals surface area contributed by atoms with E-state index in [-0.39, 0.29) is 29.4 Å². The van der Waals surface area contributed by atoms with Crippen LogP contribution >= 0.6 is 24.0 Å². The summed E-state index contributed by atoms with van der Waals surface area (Å²) in [7, 11) is 1.92. The number of aliphatic hydroxyl groups is 1. The predicted molar refractivity (Wildman–Crippen MR) is 124 cm³/mol. The molecule has 1 aromatic heterocycles. The molecule has 0 saturated heterocycles. The molecule has 0 radical (unpaired) electrons. The summed E-state index contributed by atoms with van der Waals surface area (Å²) in [4.78, 5) is 4.53. The van der Waals surface area contributed by atoms with Crippen LogP contribution in [0.2, 0.25) is 0 Å². The van der Waals surface area contributed by atoms with E-state index in [1.165, 1.54) is 5.56 Å². The zero-order chi connectivity index (χ0) is 20.0. The van der Waals surface area contributed by atoms with E-state index in [4.69, 9.17) is 0 Å². The summed E-state index contributed by atoms with van der Waals surface area (Å²) in [6.07, 6.45) is -0.611. The van der Waals surface area contributed by atoms with Gasteiger partial charge in [-0.05, 0) is 30.4 Å². The van der Waals surface area contributed by atoms with Crippen molar-refractivity contribution in [1.29, 1.82) is 0 Å². The smallest absolute Gasteiger partial charge is 0.191 e. The van der Waals surface area contributed by atoms with Gasteiger partial charge in [-0.2, -0.15) is 0 Å². The lowest BCUT2D eigenvalue weighted by Crippen LogP contribution is -2.39. The zero-order valence-electron chi connectivity index (χ0n) is 17.7. The maximum Gasteiger partial charge on any atom is 0.191 e. The fraction of sp³-hybridized carbons (Fsp3) is 0.550. The van der Waals surface area contributed by atoms with Gasteiger partial charge in [0, 0.05) is 20.1 Å². The fourth-order valence-electron chi connectivity index (χ4n) is 2.60. The molecule has 1 aromatic carbocycles. The van der Waals surface area contributed by atoms with Gasteiger partial charge in [-0.15, -0.1) is 34.2 Å². The van der Waals surface area contributed by atoms with Crippen LogP contribution in [0.15, 0.2) is 29.3 Å². The third-order valence-corrected chi connectivity index (χ3v) is 4.53. The van der Waals surface area contributed by atoms with E-state index in [9.17, 15) is 5.11 Å². The van der Waals surface area contributed by atoms with Gasteiger partial charge in [-0.3, -0.25) is 0 Å². The summed E-state index contributed by atoms with van der Waals surface area (Å²) < 4.78 is 1.92. The minimum absolute atomic E-state index is 0. The van der Waals surface area contributed by atoms with Gasteiger partial charge >= 0.3 is 0 Å². The zero-order valence-corrected chi connectivity index (χ0v) is 20.0. The minimum atomic E-state index is -0.611. The van der Waals surface area contributed by atoms with Gasteiger partial charge in [0.2, 0.25) is 0 Å². The summed E-state index contributed by atoms with van der Waals surface area (Å²) >= 11 is 0. The molecular formula is C20H33IN6O. The van der Waals surface area contributed by atoms with Crippen LogP contribution in [0, 0.1) is 6.92 Å². The van der Waals surface area contributed by atoms with Crippen LogP contribution in [0.4, 0.5) is 0 Å². The largest absolute Gasteiger partial charge is 0.387 e. The first-order chi connectivity index (χ1) is 12.7. The highest BCUT2D eigenvalue weighted by Crippen LogP contribution is 2.23. The molecule has 0 amide bonds. The number of aliphatic imine (C=N–C) groups is 1. The Hall–Kier alpha value is -1.68. The summed E-state index contributed by atoms with van der Waals surface area (Å²) in [5.74, 6) is 2.29. The molecule has 1 unspecified atom stereocenters. The lowest BCUT2D eigenvalue weighted by molar-refractivity contribution is 0.181. The van der Waals surface area contributed by atoms with Crippen LogP contribution in [0.25, 0.3) is 0 Å². The molecule has 2 aromatic rings. The highest BCUT2D eigenvalue weighted by atomic mass is 127.